The number of carbonyl (C=O) groups is 1. The minimum absolute atomic E-state index is 0.0434. The molecule has 1 aromatic heterocycles. The molecule has 0 aliphatic carbocycles. The van der Waals surface area contributed by atoms with E-state index in [1.165, 1.54) is 7.05 Å². The molecule has 0 aliphatic rings. The zero-order valence-corrected chi connectivity index (χ0v) is 11.2. The number of aromatic nitrogens is 2. The van der Waals surface area contributed by atoms with Crippen molar-refractivity contribution >= 4 is 11.6 Å². The summed E-state index contributed by atoms with van der Waals surface area (Å²) < 4.78 is 1.14. The van der Waals surface area contributed by atoms with Gasteiger partial charge in [0.2, 0.25) is 5.69 Å². The molecular formula is C11H18N4O4. The van der Waals surface area contributed by atoms with E-state index in [1.807, 2.05) is 13.8 Å². The summed E-state index contributed by atoms with van der Waals surface area (Å²) in [6.45, 7) is 3.85. The van der Waals surface area contributed by atoms with Crippen molar-refractivity contribution in [3.8, 4) is 0 Å². The van der Waals surface area contributed by atoms with Crippen molar-refractivity contribution in [2.75, 3.05) is 6.54 Å². The molecule has 2 atom stereocenters. The highest BCUT2D eigenvalue weighted by Crippen LogP contribution is 2.16. The van der Waals surface area contributed by atoms with Gasteiger partial charge in [0, 0.05) is 13.6 Å². The lowest BCUT2D eigenvalue weighted by atomic mass is 10.0. The summed E-state index contributed by atoms with van der Waals surface area (Å²) in [6, 6.07) is 0. The third kappa shape index (κ3) is 3.50. The van der Waals surface area contributed by atoms with Gasteiger partial charge in [0.15, 0.2) is 0 Å². The van der Waals surface area contributed by atoms with Crippen molar-refractivity contribution in [3.63, 3.8) is 0 Å². The van der Waals surface area contributed by atoms with Gasteiger partial charge in [-0.2, -0.15) is 5.10 Å². The first-order chi connectivity index (χ1) is 8.88. The van der Waals surface area contributed by atoms with Gasteiger partial charge < -0.3 is 10.4 Å². The summed E-state index contributed by atoms with van der Waals surface area (Å²) in [5.41, 5.74) is -0.473. The van der Waals surface area contributed by atoms with Crippen LogP contribution in [0.5, 0.6) is 0 Å². The quantitative estimate of drug-likeness (QED) is 0.576. The monoisotopic (exact) mass is 270 g/mol. The van der Waals surface area contributed by atoms with Crippen molar-refractivity contribution in [2.45, 2.75) is 26.4 Å². The number of aliphatic hydroxyl groups is 1. The number of rotatable bonds is 6. The van der Waals surface area contributed by atoms with Crippen molar-refractivity contribution in [1.29, 1.82) is 0 Å². The van der Waals surface area contributed by atoms with Crippen molar-refractivity contribution < 1.29 is 14.8 Å². The summed E-state index contributed by atoms with van der Waals surface area (Å²) >= 11 is 0. The number of nitrogens with zero attached hydrogens (tertiary/aromatic N) is 3. The molecule has 1 aromatic rings. The third-order valence-electron chi connectivity index (χ3n) is 3.10. The first-order valence-electron chi connectivity index (χ1n) is 6.01. The maximum absolute atomic E-state index is 11.9. The molecule has 8 heteroatoms. The van der Waals surface area contributed by atoms with Crippen LogP contribution in [-0.4, -0.2) is 38.4 Å². The number of nitro groups is 1. The Hall–Kier alpha value is -1.96. The van der Waals surface area contributed by atoms with Crippen LogP contribution in [0.2, 0.25) is 0 Å². The van der Waals surface area contributed by atoms with Crippen LogP contribution >= 0.6 is 0 Å². The Labute approximate surface area is 110 Å². The Morgan fingerprint density at radius 3 is 2.84 bits per heavy atom. The number of nitrogens with one attached hydrogen (secondary N) is 1. The Bertz CT molecular complexity index is 471. The number of carbonyl (C=O) groups excluding carboxylic acids is 1. The smallest absolute Gasteiger partial charge is 0.320 e. The van der Waals surface area contributed by atoms with Gasteiger partial charge in [-0.3, -0.25) is 19.6 Å². The molecule has 0 saturated carbocycles. The number of aryl methyl sites for hydroxylation is 1. The highest BCUT2D eigenvalue weighted by Gasteiger charge is 2.26. The predicted molar refractivity (Wildman–Crippen MR) is 67.7 cm³/mol. The van der Waals surface area contributed by atoms with Crippen LogP contribution in [0.15, 0.2) is 6.20 Å². The Morgan fingerprint density at radius 2 is 2.32 bits per heavy atom. The molecule has 8 nitrogen and oxygen atoms in total. The standard InChI is InChI=1S/C11H18N4O4/c1-4-7(2)9(16)6-12-11(17)10-8(15(18)19)5-13-14(10)3/h5,7,9,16H,4,6H2,1-3H3,(H,12,17). The molecule has 0 spiro atoms. The summed E-state index contributed by atoms with van der Waals surface area (Å²) in [6.07, 6.45) is 1.13. The molecule has 0 radical (unpaired) electrons. The molecule has 1 rings (SSSR count). The van der Waals surface area contributed by atoms with Gasteiger partial charge >= 0.3 is 5.69 Å². The maximum Gasteiger partial charge on any atom is 0.320 e. The molecule has 2 unspecified atom stereocenters. The lowest BCUT2D eigenvalue weighted by Crippen LogP contribution is -2.36. The number of hydrogen-bond acceptors (Lipinski definition) is 5. The summed E-state index contributed by atoms with van der Waals surface area (Å²) in [7, 11) is 1.45. The summed E-state index contributed by atoms with van der Waals surface area (Å²) in [5.74, 6) is -0.573. The van der Waals surface area contributed by atoms with Crippen LogP contribution in [0.1, 0.15) is 30.8 Å². The zero-order chi connectivity index (χ0) is 14.6. The van der Waals surface area contributed by atoms with Gasteiger partial charge in [0.25, 0.3) is 5.91 Å². The Kier molecular flexibility index (Phi) is 4.99. The van der Waals surface area contributed by atoms with Gasteiger partial charge in [-0.05, 0) is 5.92 Å². The zero-order valence-electron chi connectivity index (χ0n) is 11.2. The van der Waals surface area contributed by atoms with E-state index in [0.717, 1.165) is 17.3 Å². The van der Waals surface area contributed by atoms with Crippen LogP contribution in [0, 0.1) is 16.0 Å². The van der Waals surface area contributed by atoms with Gasteiger partial charge in [0.1, 0.15) is 6.20 Å². The van der Waals surface area contributed by atoms with E-state index in [9.17, 15) is 20.0 Å². The predicted octanol–water partition coefficient (Wildman–Crippen LogP) is 0.465. The average Bonchev–Trinajstić information content (AvgIpc) is 2.76. The molecule has 1 heterocycles. The lowest BCUT2D eigenvalue weighted by Gasteiger charge is -2.17. The highest BCUT2D eigenvalue weighted by molar-refractivity contribution is 5.96. The minimum Gasteiger partial charge on any atom is -0.391 e. The Morgan fingerprint density at radius 1 is 1.68 bits per heavy atom. The SMILES string of the molecule is CCC(C)C(O)CNC(=O)c1c([N+](=O)[O-])cnn1C. The lowest BCUT2D eigenvalue weighted by molar-refractivity contribution is -0.385. The molecule has 19 heavy (non-hydrogen) atoms. The second-order valence-electron chi connectivity index (χ2n) is 4.42. The summed E-state index contributed by atoms with van der Waals surface area (Å²) in [4.78, 5) is 22.0. The van der Waals surface area contributed by atoms with Crippen LogP contribution < -0.4 is 5.32 Å². The molecule has 0 aromatic carbocycles. The topological polar surface area (TPSA) is 110 Å². The highest BCUT2D eigenvalue weighted by atomic mass is 16.6. The van der Waals surface area contributed by atoms with Crippen molar-refractivity contribution in [2.24, 2.45) is 13.0 Å². The fraction of sp³-hybridized carbons (Fsp3) is 0.636. The molecule has 0 saturated heterocycles. The largest absolute Gasteiger partial charge is 0.391 e. The van der Waals surface area contributed by atoms with E-state index in [-0.39, 0.29) is 23.8 Å². The molecule has 1 amide bonds. The first kappa shape index (κ1) is 15.1. The van der Waals surface area contributed by atoms with E-state index in [0.29, 0.717) is 0 Å². The molecule has 2 N–H and O–H groups in total. The second-order valence-corrected chi connectivity index (χ2v) is 4.42. The molecule has 0 fully saturated rings. The van der Waals surface area contributed by atoms with E-state index >= 15 is 0 Å². The normalized spacial score (nSPS) is 13.9. The van der Waals surface area contributed by atoms with Crippen LogP contribution in [0.4, 0.5) is 5.69 Å². The van der Waals surface area contributed by atoms with Gasteiger partial charge in [-0.1, -0.05) is 20.3 Å². The molecular weight excluding hydrogens is 252 g/mol. The minimum atomic E-state index is -0.679. The van der Waals surface area contributed by atoms with E-state index in [2.05, 4.69) is 10.4 Å². The van der Waals surface area contributed by atoms with Crippen molar-refractivity contribution in [1.82, 2.24) is 15.1 Å². The van der Waals surface area contributed by atoms with E-state index < -0.39 is 16.9 Å². The fourth-order valence-corrected chi connectivity index (χ4v) is 1.58. The summed E-state index contributed by atoms with van der Waals surface area (Å²) in [5, 5.41) is 26.7. The van der Waals surface area contributed by atoms with E-state index in [4.69, 9.17) is 0 Å². The van der Waals surface area contributed by atoms with Crippen molar-refractivity contribution in [3.05, 3.63) is 22.0 Å². The number of aliphatic hydroxyl groups excluding tert-OH is 1. The first-order valence-corrected chi connectivity index (χ1v) is 6.01. The van der Waals surface area contributed by atoms with Crippen LogP contribution in [-0.2, 0) is 7.05 Å². The fourth-order valence-electron chi connectivity index (χ4n) is 1.58. The molecule has 0 bridgehead atoms. The van der Waals surface area contributed by atoms with Gasteiger partial charge in [-0.25, -0.2) is 0 Å². The maximum atomic E-state index is 11.9. The van der Waals surface area contributed by atoms with Gasteiger partial charge in [-0.15, -0.1) is 0 Å². The van der Waals surface area contributed by atoms with Crippen LogP contribution in [0.3, 0.4) is 0 Å². The number of amides is 1. The molecule has 0 aliphatic heterocycles. The third-order valence-corrected chi connectivity index (χ3v) is 3.10. The second kappa shape index (κ2) is 6.28. The van der Waals surface area contributed by atoms with E-state index in [1.54, 1.807) is 0 Å². The number of hydrogen-bond donors (Lipinski definition) is 2. The van der Waals surface area contributed by atoms with Crippen LogP contribution in [0.25, 0.3) is 0 Å². The van der Waals surface area contributed by atoms with Gasteiger partial charge in [0.05, 0.1) is 11.0 Å². The average molecular weight is 270 g/mol. The molecule has 106 valence electrons. The Balaban J connectivity index is 2.74.